The molecule has 0 saturated heterocycles. The zero-order chi connectivity index (χ0) is 17.3. The quantitative estimate of drug-likeness (QED) is 0.440. The Morgan fingerprint density at radius 3 is 2.58 bits per heavy atom. The molecule has 3 aromatic rings. The predicted molar refractivity (Wildman–Crippen MR) is 91.1 cm³/mol. The second kappa shape index (κ2) is 6.17. The summed E-state index contributed by atoms with van der Waals surface area (Å²) in [4.78, 5) is 25.2. The SMILES string of the molecule is COc1cccc(C(=O)n2c(C)c(C(=O)NN)c3ccccc32)c1. The van der Waals surface area contributed by atoms with Crippen molar-refractivity contribution in [3.63, 3.8) is 0 Å². The number of para-hydroxylation sites is 1. The minimum atomic E-state index is -0.430. The smallest absolute Gasteiger partial charge is 0.267 e. The highest BCUT2D eigenvalue weighted by atomic mass is 16.5. The number of hydrazine groups is 1. The molecule has 0 spiro atoms. The maximum Gasteiger partial charge on any atom is 0.267 e. The maximum atomic E-state index is 13.0. The standard InChI is InChI=1S/C18H17N3O3/c1-11-16(17(22)20-19)14-8-3-4-9-15(14)21(11)18(23)12-6-5-7-13(10-12)24-2/h3-10H,19H2,1-2H3,(H,20,22). The van der Waals surface area contributed by atoms with Crippen LogP contribution in [0.1, 0.15) is 26.4 Å². The van der Waals surface area contributed by atoms with E-state index < -0.39 is 5.91 Å². The molecule has 6 heteroatoms. The number of nitrogens with two attached hydrogens (primary N) is 1. The largest absolute Gasteiger partial charge is 0.497 e. The highest BCUT2D eigenvalue weighted by Crippen LogP contribution is 2.27. The van der Waals surface area contributed by atoms with Gasteiger partial charge in [0.1, 0.15) is 5.75 Å². The molecule has 122 valence electrons. The van der Waals surface area contributed by atoms with Crippen LogP contribution in [0.2, 0.25) is 0 Å². The first-order valence-electron chi connectivity index (χ1n) is 7.38. The Balaban J connectivity index is 2.24. The number of fused-ring (bicyclic) bond motifs is 1. The first-order valence-corrected chi connectivity index (χ1v) is 7.38. The molecule has 0 fully saturated rings. The average molecular weight is 323 g/mol. The molecule has 0 aliphatic rings. The van der Waals surface area contributed by atoms with E-state index in [9.17, 15) is 9.59 Å². The van der Waals surface area contributed by atoms with Crippen LogP contribution in [0.5, 0.6) is 5.75 Å². The molecule has 0 bridgehead atoms. The number of nitrogen functional groups attached to an aromatic ring is 1. The van der Waals surface area contributed by atoms with E-state index in [4.69, 9.17) is 10.6 Å². The minimum absolute atomic E-state index is 0.237. The van der Waals surface area contributed by atoms with Gasteiger partial charge in [0, 0.05) is 16.6 Å². The van der Waals surface area contributed by atoms with Crippen molar-refractivity contribution in [2.75, 3.05) is 7.11 Å². The van der Waals surface area contributed by atoms with Crippen LogP contribution in [0, 0.1) is 6.92 Å². The molecular weight excluding hydrogens is 306 g/mol. The van der Waals surface area contributed by atoms with Gasteiger partial charge in [0.2, 0.25) is 0 Å². The number of carbonyl (C=O) groups is 2. The minimum Gasteiger partial charge on any atom is -0.497 e. The molecule has 1 heterocycles. The van der Waals surface area contributed by atoms with E-state index in [0.717, 1.165) is 0 Å². The van der Waals surface area contributed by atoms with Gasteiger partial charge in [0.15, 0.2) is 0 Å². The van der Waals surface area contributed by atoms with Crippen molar-refractivity contribution >= 4 is 22.7 Å². The van der Waals surface area contributed by atoms with E-state index in [-0.39, 0.29) is 5.91 Å². The third-order valence-corrected chi connectivity index (χ3v) is 3.99. The van der Waals surface area contributed by atoms with E-state index in [0.29, 0.717) is 33.5 Å². The van der Waals surface area contributed by atoms with Crippen molar-refractivity contribution in [2.45, 2.75) is 6.92 Å². The molecule has 0 atom stereocenters. The molecule has 0 aliphatic heterocycles. The van der Waals surface area contributed by atoms with Crippen LogP contribution in [0.15, 0.2) is 48.5 Å². The summed E-state index contributed by atoms with van der Waals surface area (Å²) in [5.41, 5.74) is 4.19. The van der Waals surface area contributed by atoms with Gasteiger partial charge in [-0.2, -0.15) is 0 Å². The number of ether oxygens (including phenoxy) is 1. The van der Waals surface area contributed by atoms with Gasteiger partial charge in [0.25, 0.3) is 11.8 Å². The fraction of sp³-hybridized carbons (Fsp3) is 0.111. The fourth-order valence-corrected chi connectivity index (χ4v) is 2.87. The lowest BCUT2D eigenvalue weighted by Crippen LogP contribution is -2.30. The van der Waals surface area contributed by atoms with E-state index >= 15 is 0 Å². The number of hydrogen-bond acceptors (Lipinski definition) is 4. The predicted octanol–water partition coefficient (Wildman–Crippen LogP) is 2.25. The molecule has 24 heavy (non-hydrogen) atoms. The normalized spacial score (nSPS) is 10.6. The summed E-state index contributed by atoms with van der Waals surface area (Å²) in [5.74, 6) is 5.21. The van der Waals surface area contributed by atoms with Crippen LogP contribution in [-0.4, -0.2) is 23.5 Å². The Bertz CT molecular complexity index is 944. The number of hydrogen-bond donors (Lipinski definition) is 2. The molecule has 6 nitrogen and oxygen atoms in total. The number of carbonyl (C=O) groups excluding carboxylic acids is 2. The Hall–Kier alpha value is -3.12. The van der Waals surface area contributed by atoms with Gasteiger partial charge in [-0.1, -0.05) is 24.3 Å². The summed E-state index contributed by atoms with van der Waals surface area (Å²) >= 11 is 0. The second-order valence-electron chi connectivity index (χ2n) is 5.32. The number of rotatable bonds is 3. The van der Waals surface area contributed by atoms with E-state index in [1.807, 2.05) is 12.1 Å². The van der Waals surface area contributed by atoms with Crippen LogP contribution in [0.4, 0.5) is 0 Å². The first kappa shape index (κ1) is 15.8. The Kier molecular flexibility index (Phi) is 4.05. The fourth-order valence-electron chi connectivity index (χ4n) is 2.87. The van der Waals surface area contributed by atoms with E-state index in [1.54, 1.807) is 50.4 Å². The lowest BCUT2D eigenvalue weighted by molar-refractivity contribution is 0.0954. The highest BCUT2D eigenvalue weighted by molar-refractivity contribution is 6.12. The highest BCUT2D eigenvalue weighted by Gasteiger charge is 2.23. The number of methoxy groups -OCH3 is 1. The van der Waals surface area contributed by atoms with Gasteiger partial charge in [-0.3, -0.25) is 19.6 Å². The number of aromatic nitrogens is 1. The van der Waals surface area contributed by atoms with E-state index in [2.05, 4.69) is 5.43 Å². The van der Waals surface area contributed by atoms with Crippen molar-refractivity contribution in [1.29, 1.82) is 0 Å². The second-order valence-corrected chi connectivity index (χ2v) is 5.32. The van der Waals surface area contributed by atoms with Crippen LogP contribution < -0.4 is 16.0 Å². The molecule has 3 rings (SSSR count). The van der Waals surface area contributed by atoms with Gasteiger partial charge in [0.05, 0.1) is 18.2 Å². The van der Waals surface area contributed by atoms with Gasteiger partial charge < -0.3 is 4.74 Å². The number of nitrogens with one attached hydrogen (secondary N) is 1. The van der Waals surface area contributed by atoms with Crippen LogP contribution in [-0.2, 0) is 0 Å². The number of nitrogens with zero attached hydrogens (tertiary/aromatic N) is 1. The molecule has 0 unspecified atom stereocenters. The van der Waals surface area contributed by atoms with Crippen LogP contribution >= 0.6 is 0 Å². The molecule has 0 radical (unpaired) electrons. The van der Waals surface area contributed by atoms with Crippen molar-refractivity contribution < 1.29 is 14.3 Å². The number of benzene rings is 2. The molecular formula is C18H17N3O3. The van der Waals surface area contributed by atoms with Crippen molar-refractivity contribution in [3.8, 4) is 5.75 Å². The van der Waals surface area contributed by atoms with Crippen LogP contribution in [0.3, 0.4) is 0 Å². The Morgan fingerprint density at radius 1 is 1.12 bits per heavy atom. The van der Waals surface area contributed by atoms with Gasteiger partial charge in [-0.15, -0.1) is 0 Å². The van der Waals surface area contributed by atoms with Crippen molar-refractivity contribution in [1.82, 2.24) is 9.99 Å². The Labute approximate surface area is 138 Å². The lowest BCUT2D eigenvalue weighted by atomic mass is 10.1. The summed E-state index contributed by atoms with van der Waals surface area (Å²) in [6.07, 6.45) is 0. The third kappa shape index (κ3) is 2.43. The molecule has 0 aliphatic carbocycles. The summed E-state index contributed by atoms with van der Waals surface area (Å²) in [5, 5.41) is 0.675. The first-order chi connectivity index (χ1) is 11.6. The number of amides is 1. The summed E-state index contributed by atoms with van der Waals surface area (Å²) < 4.78 is 6.70. The molecule has 0 saturated carbocycles. The summed E-state index contributed by atoms with van der Waals surface area (Å²) in [7, 11) is 1.55. The zero-order valence-electron chi connectivity index (χ0n) is 13.4. The van der Waals surface area contributed by atoms with Crippen molar-refractivity contribution in [3.05, 3.63) is 65.4 Å². The molecule has 2 aromatic carbocycles. The zero-order valence-corrected chi connectivity index (χ0v) is 13.4. The topological polar surface area (TPSA) is 86.3 Å². The van der Waals surface area contributed by atoms with Crippen molar-refractivity contribution in [2.24, 2.45) is 5.84 Å². The molecule has 1 amide bonds. The van der Waals surface area contributed by atoms with Crippen LogP contribution in [0.25, 0.3) is 10.9 Å². The summed E-state index contributed by atoms with van der Waals surface area (Å²) in [6, 6.07) is 14.1. The molecule has 1 aromatic heterocycles. The Morgan fingerprint density at radius 2 is 1.88 bits per heavy atom. The van der Waals surface area contributed by atoms with Gasteiger partial charge in [-0.25, -0.2) is 5.84 Å². The molecule has 3 N–H and O–H groups in total. The lowest BCUT2D eigenvalue weighted by Gasteiger charge is -2.08. The monoisotopic (exact) mass is 323 g/mol. The maximum absolute atomic E-state index is 13.0. The third-order valence-electron chi connectivity index (χ3n) is 3.99. The average Bonchev–Trinajstić information content (AvgIpc) is 2.92. The van der Waals surface area contributed by atoms with Gasteiger partial charge >= 0.3 is 0 Å². The van der Waals surface area contributed by atoms with E-state index in [1.165, 1.54) is 4.57 Å². The van der Waals surface area contributed by atoms with Gasteiger partial charge in [-0.05, 0) is 31.2 Å². The summed E-state index contributed by atoms with van der Waals surface area (Å²) in [6.45, 7) is 1.72.